The largest absolute Gasteiger partial charge is 0.479 e. The van der Waals surface area contributed by atoms with E-state index in [1.54, 1.807) is 0 Å². The summed E-state index contributed by atoms with van der Waals surface area (Å²) >= 11 is 0. The number of carboxylic acids is 1. The summed E-state index contributed by atoms with van der Waals surface area (Å²) in [6.07, 6.45) is -0.574. The van der Waals surface area contributed by atoms with Crippen LogP contribution in [0, 0.1) is 0 Å². The minimum absolute atomic E-state index is 0.387. The van der Waals surface area contributed by atoms with E-state index in [2.05, 4.69) is 5.32 Å². The number of H-pyrrole nitrogens is 1. The van der Waals surface area contributed by atoms with Gasteiger partial charge in [0.2, 0.25) is 5.91 Å². The van der Waals surface area contributed by atoms with Crippen LogP contribution in [0.15, 0.2) is 21.9 Å². The molecule has 0 unspecified atom stereocenters. The van der Waals surface area contributed by atoms with Crippen LogP contribution < -0.4 is 16.6 Å². The first-order valence-electron chi connectivity index (χ1n) is 4.87. The van der Waals surface area contributed by atoms with Gasteiger partial charge in [0.1, 0.15) is 6.54 Å². The highest BCUT2D eigenvalue weighted by molar-refractivity contribution is 5.77. The van der Waals surface area contributed by atoms with Gasteiger partial charge in [-0.25, -0.2) is 9.59 Å². The van der Waals surface area contributed by atoms with Crippen molar-refractivity contribution in [2.75, 3.05) is 6.54 Å². The third-order valence-electron chi connectivity index (χ3n) is 1.99. The zero-order valence-electron chi connectivity index (χ0n) is 9.12. The van der Waals surface area contributed by atoms with Crippen molar-refractivity contribution in [2.24, 2.45) is 0 Å². The van der Waals surface area contributed by atoms with Crippen LogP contribution in [-0.4, -0.2) is 44.3 Å². The summed E-state index contributed by atoms with van der Waals surface area (Å²) in [5, 5.41) is 19.4. The second-order valence-electron chi connectivity index (χ2n) is 3.40. The van der Waals surface area contributed by atoms with E-state index in [1.165, 1.54) is 0 Å². The lowest BCUT2D eigenvalue weighted by atomic mass is 10.3. The molecule has 0 aliphatic carbocycles. The fraction of sp³-hybridized carbons (Fsp3) is 0.333. The van der Waals surface area contributed by atoms with Gasteiger partial charge < -0.3 is 15.5 Å². The number of aromatic nitrogens is 2. The average Bonchev–Trinajstić information content (AvgIpc) is 2.29. The van der Waals surface area contributed by atoms with E-state index in [0.29, 0.717) is 0 Å². The summed E-state index contributed by atoms with van der Waals surface area (Å²) < 4.78 is 0.934. The lowest BCUT2D eigenvalue weighted by molar-refractivity contribution is -0.146. The number of aliphatic hydroxyl groups is 1. The fourth-order valence-corrected chi connectivity index (χ4v) is 1.08. The molecule has 0 fully saturated rings. The smallest absolute Gasteiger partial charge is 0.334 e. The van der Waals surface area contributed by atoms with Crippen LogP contribution >= 0.6 is 0 Å². The number of nitrogens with zero attached hydrogens (tertiary/aromatic N) is 1. The lowest BCUT2D eigenvalue weighted by Crippen LogP contribution is -2.40. The first kappa shape index (κ1) is 13.6. The number of rotatable bonds is 5. The Hall–Kier alpha value is -2.42. The molecule has 0 saturated carbocycles. The number of aromatic amines is 1. The molecule has 0 spiro atoms. The highest BCUT2D eigenvalue weighted by Crippen LogP contribution is 1.82. The standard InChI is InChI=1S/C9H11N3O6/c13-5(8(16)17)3-10-7(15)4-12-2-1-6(14)11-9(12)18/h1-2,5,13H,3-4H2,(H,10,15)(H,16,17)(H,11,14,18)/t5-/m0/s1. The maximum atomic E-state index is 11.3. The number of amides is 1. The molecule has 1 atom stereocenters. The highest BCUT2D eigenvalue weighted by atomic mass is 16.4. The number of aliphatic carboxylic acids is 1. The van der Waals surface area contributed by atoms with E-state index < -0.39 is 35.8 Å². The molecule has 9 heteroatoms. The Morgan fingerprint density at radius 2 is 2.11 bits per heavy atom. The second-order valence-corrected chi connectivity index (χ2v) is 3.40. The molecule has 98 valence electrons. The first-order chi connectivity index (χ1) is 8.40. The Morgan fingerprint density at radius 3 is 2.67 bits per heavy atom. The molecule has 1 heterocycles. The van der Waals surface area contributed by atoms with Gasteiger partial charge in [-0.3, -0.25) is 19.1 Å². The highest BCUT2D eigenvalue weighted by Gasteiger charge is 2.14. The molecule has 0 bridgehead atoms. The molecular weight excluding hydrogens is 246 g/mol. The number of carboxylic acid groups (broad SMARTS) is 1. The van der Waals surface area contributed by atoms with Crippen LogP contribution in [0.2, 0.25) is 0 Å². The molecule has 1 aromatic rings. The van der Waals surface area contributed by atoms with E-state index in [9.17, 15) is 19.2 Å². The molecule has 0 aliphatic heterocycles. The van der Waals surface area contributed by atoms with E-state index in [0.717, 1.165) is 16.8 Å². The number of carbonyl (C=O) groups excluding carboxylic acids is 1. The normalized spacial score (nSPS) is 11.8. The summed E-state index contributed by atoms with van der Waals surface area (Å²) in [4.78, 5) is 45.5. The maximum absolute atomic E-state index is 11.3. The molecule has 0 aliphatic rings. The van der Waals surface area contributed by atoms with Gasteiger partial charge in [-0.2, -0.15) is 0 Å². The quantitative estimate of drug-likeness (QED) is 0.445. The number of carbonyl (C=O) groups is 2. The number of hydrogen-bond donors (Lipinski definition) is 4. The van der Waals surface area contributed by atoms with Gasteiger partial charge in [0.25, 0.3) is 5.56 Å². The molecule has 9 nitrogen and oxygen atoms in total. The first-order valence-corrected chi connectivity index (χ1v) is 4.87. The van der Waals surface area contributed by atoms with Crippen molar-refractivity contribution in [1.29, 1.82) is 0 Å². The molecular formula is C9H11N3O6. The van der Waals surface area contributed by atoms with Crippen molar-refractivity contribution in [2.45, 2.75) is 12.6 Å². The van der Waals surface area contributed by atoms with Crippen LogP contribution in [0.25, 0.3) is 0 Å². The van der Waals surface area contributed by atoms with E-state index >= 15 is 0 Å². The summed E-state index contributed by atoms with van der Waals surface area (Å²) in [5.41, 5.74) is -1.34. The van der Waals surface area contributed by atoms with Gasteiger partial charge >= 0.3 is 11.7 Å². The summed E-state index contributed by atoms with van der Waals surface area (Å²) in [7, 11) is 0. The third kappa shape index (κ3) is 3.87. The Kier molecular flexibility index (Phi) is 4.38. The molecule has 1 aromatic heterocycles. The van der Waals surface area contributed by atoms with Gasteiger partial charge in [0.05, 0.1) is 6.54 Å². The van der Waals surface area contributed by atoms with Crippen LogP contribution in [0.4, 0.5) is 0 Å². The fourth-order valence-electron chi connectivity index (χ4n) is 1.08. The predicted molar refractivity (Wildman–Crippen MR) is 58.0 cm³/mol. The Labute approximate surface area is 99.7 Å². The molecule has 0 radical (unpaired) electrons. The van der Waals surface area contributed by atoms with E-state index in [4.69, 9.17) is 10.2 Å². The van der Waals surface area contributed by atoms with Crippen molar-refractivity contribution >= 4 is 11.9 Å². The zero-order chi connectivity index (χ0) is 13.7. The summed E-state index contributed by atoms with van der Waals surface area (Å²) in [6, 6.07) is 1.07. The second kappa shape index (κ2) is 5.77. The topological polar surface area (TPSA) is 141 Å². The average molecular weight is 257 g/mol. The van der Waals surface area contributed by atoms with E-state index in [1.807, 2.05) is 4.98 Å². The SMILES string of the molecule is O=C(Cn1ccc(=O)[nH]c1=O)NC[C@H](O)C(=O)O. The van der Waals surface area contributed by atoms with Crippen LogP contribution in [0.3, 0.4) is 0 Å². The molecule has 0 aromatic carbocycles. The van der Waals surface area contributed by atoms with Crippen molar-refractivity contribution in [3.8, 4) is 0 Å². The Balaban J connectivity index is 2.57. The Morgan fingerprint density at radius 1 is 1.44 bits per heavy atom. The van der Waals surface area contributed by atoms with Gasteiger partial charge in [-0.05, 0) is 0 Å². The lowest BCUT2D eigenvalue weighted by Gasteiger charge is -2.08. The number of nitrogens with one attached hydrogen (secondary N) is 2. The maximum Gasteiger partial charge on any atom is 0.334 e. The van der Waals surface area contributed by atoms with Gasteiger partial charge in [-0.15, -0.1) is 0 Å². The molecule has 1 amide bonds. The molecule has 4 N–H and O–H groups in total. The molecule has 0 saturated heterocycles. The van der Waals surface area contributed by atoms with Crippen molar-refractivity contribution in [3.63, 3.8) is 0 Å². The summed E-state index contributed by atoms with van der Waals surface area (Å²) in [6.45, 7) is -0.853. The molecule has 1 rings (SSSR count). The van der Waals surface area contributed by atoms with Crippen LogP contribution in [0.5, 0.6) is 0 Å². The monoisotopic (exact) mass is 257 g/mol. The van der Waals surface area contributed by atoms with Gasteiger partial charge in [-0.1, -0.05) is 0 Å². The third-order valence-corrected chi connectivity index (χ3v) is 1.99. The van der Waals surface area contributed by atoms with Gasteiger partial charge in [0.15, 0.2) is 6.10 Å². The minimum Gasteiger partial charge on any atom is -0.479 e. The number of aliphatic hydroxyl groups excluding tert-OH is 1. The number of hydrogen-bond acceptors (Lipinski definition) is 5. The van der Waals surface area contributed by atoms with Gasteiger partial charge in [0, 0.05) is 12.3 Å². The minimum atomic E-state index is -1.71. The van der Waals surface area contributed by atoms with Crippen LogP contribution in [0.1, 0.15) is 0 Å². The zero-order valence-corrected chi connectivity index (χ0v) is 9.12. The summed E-state index contributed by atoms with van der Waals surface area (Å²) in [5.74, 6) is -2.12. The predicted octanol–water partition coefficient (Wildman–Crippen LogP) is -2.90. The van der Waals surface area contributed by atoms with Crippen molar-refractivity contribution in [3.05, 3.63) is 33.1 Å². The van der Waals surface area contributed by atoms with Crippen LogP contribution in [-0.2, 0) is 16.1 Å². The van der Waals surface area contributed by atoms with Crippen molar-refractivity contribution in [1.82, 2.24) is 14.9 Å². The van der Waals surface area contributed by atoms with E-state index in [-0.39, 0.29) is 6.54 Å². The Bertz CT molecular complexity index is 560. The molecule has 18 heavy (non-hydrogen) atoms. The van der Waals surface area contributed by atoms with Crippen molar-refractivity contribution < 1.29 is 19.8 Å².